The van der Waals surface area contributed by atoms with Crippen LogP contribution >= 0.6 is 0 Å². The Kier molecular flexibility index (Phi) is 5.00. The van der Waals surface area contributed by atoms with E-state index < -0.39 is 11.9 Å². The first-order chi connectivity index (χ1) is 11.0. The van der Waals surface area contributed by atoms with Gasteiger partial charge in [0.2, 0.25) is 0 Å². The summed E-state index contributed by atoms with van der Waals surface area (Å²) < 4.78 is 11.6. The summed E-state index contributed by atoms with van der Waals surface area (Å²) in [5.74, 6) is -0.178. The van der Waals surface area contributed by atoms with E-state index >= 15 is 0 Å². The molecular formula is C16H19N3O4. The maximum atomic E-state index is 12.5. The minimum Gasteiger partial charge on any atom is -0.496 e. The predicted molar refractivity (Wildman–Crippen MR) is 84.8 cm³/mol. The van der Waals surface area contributed by atoms with Crippen LogP contribution in [0.4, 0.5) is 5.82 Å². The van der Waals surface area contributed by atoms with Gasteiger partial charge in [0.15, 0.2) is 0 Å². The number of nitrogens with one attached hydrogen (secondary N) is 1. The molecule has 1 N–H and O–H groups in total. The number of hydrogen-bond donors (Lipinski definition) is 1. The normalized spacial score (nSPS) is 10.3. The Labute approximate surface area is 134 Å². The molecule has 0 bridgehead atoms. The van der Waals surface area contributed by atoms with Gasteiger partial charge in [-0.1, -0.05) is 12.1 Å². The smallest absolute Gasteiger partial charge is 0.343 e. The summed E-state index contributed by atoms with van der Waals surface area (Å²) in [6, 6.07) is 6.84. The monoisotopic (exact) mass is 317 g/mol. The van der Waals surface area contributed by atoms with Crippen molar-refractivity contribution in [3.63, 3.8) is 0 Å². The van der Waals surface area contributed by atoms with Crippen molar-refractivity contribution in [3.05, 3.63) is 41.1 Å². The SMILES string of the molecule is CCOC(=O)c1c(C)nn(C)c1NC(=O)c1ccccc1OC. The number of carbonyl (C=O) groups is 2. The lowest BCUT2D eigenvalue weighted by Crippen LogP contribution is -2.18. The largest absolute Gasteiger partial charge is 0.496 e. The minimum absolute atomic E-state index is 0.243. The van der Waals surface area contributed by atoms with Gasteiger partial charge in [-0.15, -0.1) is 0 Å². The maximum Gasteiger partial charge on any atom is 0.343 e. The molecule has 7 heteroatoms. The van der Waals surface area contributed by atoms with Gasteiger partial charge in [-0.2, -0.15) is 5.10 Å². The summed E-state index contributed by atoms with van der Waals surface area (Å²) in [6.45, 7) is 3.65. The van der Waals surface area contributed by atoms with Crippen LogP contribution in [0.15, 0.2) is 24.3 Å². The molecule has 1 amide bonds. The Morgan fingerprint density at radius 2 is 2.00 bits per heavy atom. The summed E-state index contributed by atoms with van der Waals surface area (Å²) in [5, 5.41) is 6.88. The van der Waals surface area contributed by atoms with Gasteiger partial charge in [-0.3, -0.25) is 9.48 Å². The molecule has 1 heterocycles. The Morgan fingerprint density at radius 3 is 2.65 bits per heavy atom. The van der Waals surface area contributed by atoms with E-state index in [1.807, 2.05) is 0 Å². The van der Waals surface area contributed by atoms with Crippen LogP contribution < -0.4 is 10.1 Å². The van der Waals surface area contributed by atoms with Gasteiger partial charge in [-0.05, 0) is 26.0 Å². The fourth-order valence-electron chi connectivity index (χ4n) is 2.26. The molecule has 1 aromatic heterocycles. The van der Waals surface area contributed by atoms with Crippen molar-refractivity contribution >= 4 is 17.7 Å². The molecular weight excluding hydrogens is 298 g/mol. The number of esters is 1. The number of aryl methyl sites for hydroxylation is 2. The van der Waals surface area contributed by atoms with Crippen LogP contribution in [-0.4, -0.2) is 35.4 Å². The zero-order valence-corrected chi connectivity index (χ0v) is 13.5. The molecule has 0 atom stereocenters. The highest BCUT2D eigenvalue weighted by Crippen LogP contribution is 2.23. The molecule has 2 rings (SSSR count). The molecule has 0 saturated heterocycles. The number of anilines is 1. The highest BCUT2D eigenvalue weighted by molar-refractivity contribution is 6.09. The summed E-state index contributed by atoms with van der Waals surface area (Å²) in [5.41, 5.74) is 1.10. The molecule has 1 aromatic carbocycles. The Morgan fingerprint density at radius 1 is 1.30 bits per heavy atom. The Hall–Kier alpha value is -2.83. The molecule has 0 fully saturated rings. The second-order valence-electron chi connectivity index (χ2n) is 4.81. The van der Waals surface area contributed by atoms with Gasteiger partial charge in [0.05, 0.1) is 25.0 Å². The van der Waals surface area contributed by atoms with Gasteiger partial charge in [-0.25, -0.2) is 4.79 Å². The highest BCUT2D eigenvalue weighted by Gasteiger charge is 2.24. The Balaban J connectivity index is 2.36. The van der Waals surface area contributed by atoms with Gasteiger partial charge >= 0.3 is 5.97 Å². The lowest BCUT2D eigenvalue weighted by Gasteiger charge is -2.10. The van der Waals surface area contributed by atoms with Crippen molar-refractivity contribution in [3.8, 4) is 5.75 Å². The van der Waals surface area contributed by atoms with Crippen molar-refractivity contribution in [1.82, 2.24) is 9.78 Å². The zero-order chi connectivity index (χ0) is 17.0. The molecule has 0 saturated carbocycles. The second kappa shape index (κ2) is 6.95. The van der Waals surface area contributed by atoms with E-state index in [-0.39, 0.29) is 18.0 Å². The topological polar surface area (TPSA) is 82.5 Å². The third kappa shape index (κ3) is 3.33. The number of ether oxygens (including phenoxy) is 2. The summed E-state index contributed by atoms with van der Waals surface area (Å²) in [7, 11) is 3.14. The number of amides is 1. The van der Waals surface area contributed by atoms with Crippen molar-refractivity contribution < 1.29 is 19.1 Å². The molecule has 0 aliphatic carbocycles. The molecule has 2 aromatic rings. The number of para-hydroxylation sites is 1. The van der Waals surface area contributed by atoms with Crippen LogP contribution in [0.3, 0.4) is 0 Å². The number of carbonyl (C=O) groups excluding carboxylic acids is 2. The molecule has 0 aliphatic heterocycles. The van der Waals surface area contributed by atoms with E-state index in [9.17, 15) is 9.59 Å². The standard InChI is InChI=1S/C16H19N3O4/c1-5-23-16(21)13-10(2)18-19(3)14(13)17-15(20)11-8-6-7-9-12(11)22-4/h6-9H,5H2,1-4H3,(H,17,20). The maximum absolute atomic E-state index is 12.5. The van der Waals surface area contributed by atoms with Crippen LogP contribution in [0, 0.1) is 6.92 Å². The Bertz CT molecular complexity index is 737. The summed E-state index contributed by atoms with van der Waals surface area (Å²) in [4.78, 5) is 24.6. The highest BCUT2D eigenvalue weighted by atomic mass is 16.5. The fraction of sp³-hybridized carbons (Fsp3) is 0.312. The molecule has 0 spiro atoms. The zero-order valence-electron chi connectivity index (χ0n) is 13.5. The quantitative estimate of drug-likeness (QED) is 0.855. The fourth-order valence-corrected chi connectivity index (χ4v) is 2.26. The van der Waals surface area contributed by atoms with Crippen molar-refractivity contribution in [2.45, 2.75) is 13.8 Å². The third-order valence-electron chi connectivity index (χ3n) is 3.29. The first kappa shape index (κ1) is 16.5. The number of methoxy groups -OCH3 is 1. The molecule has 122 valence electrons. The lowest BCUT2D eigenvalue weighted by molar-refractivity contribution is 0.0526. The predicted octanol–water partition coefficient (Wildman–Crippen LogP) is 2.17. The number of nitrogens with zero attached hydrogens (tertiary/aromatic N) is 2. The van der Waals surface area contributed by atoms with Gasteiger partial charge in [0.1, 0.15) is 17.1 Å². The van der Waals surface area contributed by atoms with Crippen LogP contribution in [0.1, 0.15) is 33.3 Å². The van der Waals surface area contributed by atoms with Crippen LogP contribution in [-0.2, 0) is 11.8 Å². The summed E-state index contributed by atoms with van der Waals surface area (Å²) in [6.07, 6.45) is 0. The molecule has 7 nitrogen and oxygen atoms in total. The van der Waals surface area contributed by atoms with Gasteiger partial charge in [0.25, 0.3) is 5.91 Å². The molecule has 0 aliphatic rings. The van der Waals surface area contributed by atoms with Crippen molar-refractivity contribution in [2.75, 3.05) is 19.0 Å². The number of rotatable bonds is 5. The van der Waals surface area contributed by atoms with E-state index in [2.05, 4.69) is 10.4 Å². The first-order valence-corrected chi connectivity index (χ1v) is 7.14. The summed E-state index contributed by atoms with van der Waals surface area (Å²) >= 11 is 0. The van der Waals surface area contributed by atoms with E-state index in [4.69, 9.17) is 9.47 Å². The molecule has 0 radical (unpaired) electrons. The third-order valence-corrected chi connectivity index (χ3v) is 3.29. The van der Waals surface area contributed by atoms with Crippen LogP contribution in [0.5, 0.6) is 5.75 Å². The van der Waals surface area contributed by atoms with Crippen molar-refractivity contribution in [2.24, 2.45) is 7.05 Å². The van der Waals surface area contributed by atoms with E-state index in [0.717, 1.165) is 0 Å². The number of hydrogen-bond acceptors (Lipinski definition) is 5. The average molecular weight is 317 g/mol. The molecule has 0 unspecified atom stereocenters. The number of aromatic nitrogens is 2. The van der Waals surface area contributed by atoms with Crippen LogP contribution in [0.2, 0.25) is 0 Å². The van der Waals surface area contributed by atoms with Gasteiger partial charge < -0.3 is 14.8 Å². The van der Waals surface area contributed by atoms with E-state index in [1.165, 1.54) is 11.8 Å². The van der Waals surface area contributed by atoms with Crippen molar-refractivity contribution in [1.29, 1.82) is 0 Å². The molecule has 23 heavy (non-hydrogen) atoms. The first-order valence-electron chi connectivity index (χ1n) is 7.14. The average Bonchev–Trinajstić information content (AvgIpc) is 2.81. The van der Waals surface area contributed by atoms with E-state index in [1.54, 1.807) is 45.2 Å². The number of benzene rings is 1. The van der Waals surface area contributed by atoms with Crippen LogP contribution in [0.25, 0.3) is 0 Å². The minimum atomic E-state index is -0.520. The van der Waals surface area contributed by atoms with E-state index in [0.29, 0.717) is 17.0 Å². The second-order valence-corrected chi connectivity index (χ2v) is 4.81. The van der Waals surface area contributed by atoms with Gasteiger partial charge in [0, 0.05) is 7.05 Å². The lowest BCUT2D eigenvalue weighted by atomic mass is 10.1.